The van der Waals surface area contributed by atoms with Gasteiger partial charge in [-0.3, -0.25) is 9.48 Å². The minimum Gasteiger partial charge on any atom is -0.302 e. The van der Waals surface area contributed by atoms with Crippen LogP contribution in [0, 0.1) is 6.92 Å². The van der Waals surface area contributed by atoms with Crippen LogP contribution in [0.5, 0.6) is 0 Å². The van der Waals surface area contributed by atoms with E-state index in [1.165, 1.54) is 17.8 Å². The molecule has 1 amide bonds. The molecule has 0 atom stereocenters. The van der Waals surface area contributed by atoms with Crippen LogP contribution in [0.2, 0.25) is 10.0 Å². The average Bonchev–Trinajstić information content (AvgIpc) is 3.21. The number of hydrogen-bond acceptors (Lipinski definition) is 4. The van der Waals surface area contributed by atoms with E-state index in [4.69, 9.17) is 23.2 Å². The van der Waals surface area contributed by atoms with Crippen LogP contribution in [0.1, 0.15) is 27.4 Å². The SMILES string of the molecule is Cc1cc(C(F)(F)F)n2nc(C(=O)Nc3nn(Cc4ccccc4)cc3Cl)c(Cl)c2n1. The maximum atomic E-state index is 13.4. The van der Waals surface area contributed by atoms with Gasteiger partial charge in [0.1, 0.15) is 15.7 Å². The largest absolute Gasteiger partial charge is 0.433 e. The number of halogens is 5. The van der Waals surface area contributed by atoms with Gasteiger partial charge in [-0.05, 0) is 18.6 Å². The Morgan fingerprint density at radius 3 is 2.55 bits per heavy atom. The average molecular weight is 469 g/mol. The van der Waals surface area contributed by atoms with Crippen molar-refractivity contribution >= 4 is 40.6 Å². The van der Waals surface area contributed by atoms with Crippen molar-refractivity contribution in [1.29, 1.82) is 0 Å². The van der Waals surface area contributed by atoms with Gasteiger partial charge in [0, 0.05) is 11.9 Å². The molecule has 4 rings (SSSR count). The first kappa shape index (κ1) is 21.1. The minimum atomic E-state index is -4.71. The lowest BCUT2D eigenvalue weighted by molar-refractivity contribution is -0.142. The number of rotatable bonds is 4. The van der Waals surface area contributed by atoms with Crippen LogP contribution in [0.25, 0.3) is 5.65 Å². The molecular formula is C19H13Cl2F3N6O. The quantitative estimate of drug-likeness (QED) is 0.463. The number of carbonyl (C=O) groups excluding carboxylic acids is 1. The van der Waals surface area contributed by atoms with Gasteiger partial charge in [0.25, 0.3) is 5.91 Å². The molecule has 0 saturated carbocycles. The highest BCUT2D eigenvalue weighted by atomic mass is 35.5. The molecule has 7 nitrogen and oxygen atoms in total. The second kappa shape index (κ2) is 7.86. The standard InChI is InChI=1S/C19H13Cl2F3N6O/c1-10-7-13(19(22,23)24)30-17(25-10)14(21)15(27-30)18(31)26-16-12(20)9-29(28-16)8-11-5-3-2-4-6-11/h2-7,9H,8H2,1H3,(H,26,28,31). The normalized spacial score (nSPS) is 11.8. The van der Waals surface area contributed by atoms with Crippen molar-refractivity contribution in [2.45, 2.75) is 19.6 Å². The predicted octanol–water partition coefficient (Wildman–Crippen LogP) is 4.86. The summed E-state index contributed by atoms with van der Waals surface area (Å²) in [6.07, 6.45) is -3.20. The predicted molar refractivity (Wildman–Crippen MR) is 108 cm³/mol. The lowest BCUT2D eigenvalue weighted by Gasteiger charge is -2.09. The smallest absolute Gasteiger partial charge is 0.302 e. The maximum absolute atomic E-state index is 13.4. The van der Waals surface area contributed by atoms with E-state index in [9.17, 15) is 18.0 Å². The fourth-order valence-corrected chi connectivity index (χ4v) is 3.40. The Kier molecular flexibility index (Phi) is 5.36. The number of hydrogen-bond donors (Lipinski definition) is 1. The summed E-state index contributed by atoms with van der Waals surface area (Å²) < 4.78 is 42.1. The summed E-state index contributed by atoms with van der Waals surface area (Å²) in [7, 11) is 0. The summed E-state index contributed by atoms with van der Waals surface area (Å²) in [6.45, 7) is 1.79. The molecule has 1 aromatic carbocycles. The Morgan fingerprint density at radius 2 is 1.87 bits per heavy atom. The third kappa shape index (κ3) is 4.21. The molecule has 0 aliphatic rings. The van der Waals surface area contributed by atoms with E-state index in [0.29, 0.717) is 11.1 Å². The highest BCUT2D eigenvalue weighted by molar-refractivity contribution is 6.37. The summed E-state index contributed by atoms with van der Waals surface area (Å²) >= 11 is 12.3. The van der Waals surface area contributed by atoms with Gasteiger partial charge in [0.05, 0.1) is 6.54 Å². The summed E-state index contributed by atoms with van der Waals surface area (Å²) in [5, 5.41) is 10.2. The maximum Gasteiger partial charge on any atom is 0.433 e. The fourth-order valence-electron chi connectivity index (χ4n) is 2.96. The first-order valence-electron chi connectivity index (χ1n) is 8.85. The monoisotopic (exact) mass is 468 g/mol. The summed E-state index contributed by atoms with van der Waals surface area (Å²) in [5.41, 5.74) is -0.764. The highest BCUT2D eigenvalue weighted by Crippen LogP contribution is 2.32. The van der Waals surface area contributed by atoms with Crippen molar-refractivity contribution in [3.05, 3.63) is 75.3 Å². The molecule has 0 unspecified atom stereocenters. The van der Waals surface area contributed by atoms with Crippen LogP contribution in [0.15, 0.2) is 42.6 Å². The molecule has 3 aromatic heterocycles. The van der Waals surface area contributed by atoms with Gasteiger partial charge in [-0.2, -0.15) is 23.4 Å². The molecular weight excluding hydrogens is 456 g/mol. The summed E-state index contributed by atoms with van der Waals surface area (Å²) in [4.78, 5) is 16.7. The van der Waals surface area contributed by atoms with Crippen LogP contribution in [-0.2, 0) is 12.7 Å². The second-order valence-electron chi connectivity index (χ2n) is 6.64. The fraction of sp³-hybridized carbons (Fsp3) is 0.158. The molecule has 0 saturated heterocycles. The second-order valence-corrected chi connectivity index (χ2v) is 7.43. The van der Waals surface area contributed by atoms with E-state index in [1.54, 1.807) is 0 Å². The van der Waals surface area contributed by atoms with Crippen LogP contribution >= 0.6 is 23.2 Å². The lowest BCUT2D eigenvalue weighted by Crippen LogP contribution is -2.16. The van der Waals surface area contributed by atoms with E-state index in [-0.39, 0.29) is 27.2 Å². The van der Waals surface area contributed by atoms with Crippen LogP contribution in [0.3, 0.4) is 0 Å². The number of anilines is 1. The van der Waals surface area contributed by atoms with Crippen molar-refractivity contribution in [3.63, 3.8) is 0 Å². The Morgan fingerprint density at radius 1 is 1.16 bits per heavy atom. The van der Waals surface area contributed by atoms with Gasteiger partial charge < -0.3 is 5.32 Å². The van der Waals surface area contributed by atoms with Crippen LogP contribution < -0.4 is 5.32 Å². The number of carbonyl (C=O) groups is 1. The molecule has 0 aliphatic carbocycles. The van der Waals surface area contributed by atoms with E-state index in [1.807, 2.05) is 30.3 Å². The first-order valence-corrected chi connectivity index (χ1v) is 9.60. The Hall–Kier alpha value is -3.11. The van der Waals surface area contributed by atoms with Crippen molar-refractivity contribution in [1.82, 2.24) is 24.4 Å². The number of aromatic nitrogens is 5. The molecule has 0 radical (unpaired) electrons. The van der Waals surface area contributed by atoms with Gasteiger partial charge in [-0.1, -0.05) is 53.5 Å². The van der Waals surface area contributed by atoms with Gasteiger partial charge in [-0.25, -0.2) is 9.50 Å². The number of nitrogens with one attached hydrogen (secondary N) is 1. The van der Waals surface area contributed by atoms with Gasteiger partial charge in [-0.15, -0.1) is 0 Å². The number of amides is 1. The summed E-state index contributed by atoms with van der Waals surface area (Å²) in [6, 6.07) is 10.2. The molecule has 0 fully saturated rings. The van der Waals surface area contributed by atoms with E-state index < -0.39 is 23.5 Å². The third-order valence-electron chi connectivity index (χ3n) is 4.30. The van der Waals surface area contributed by atoms with Gasteiger partial charge >= 0.3 is 6.18 Å². The summed E-state index contributed by atoms with van der Waals surface area (Å²) in [5.74, 6) is -0.843. The van der Waals surface area contributed by atoms with Gasteiger partial charge in [0.15, 0.2) is 17.2 Å². The molecule has 0 spiro atoms. The zero-order valence-corrected chi connectivity index (χ0v) is 17.3. The van der Waals surface area contributed by atoms with Crippen molar-refractivity contribution in [2.24, 2.45) is 0 Å². The van der Waals surface area contributed by atoms with E-state index >= 15 is 0 Å². The zero-order chi connectivity index (χ0) is 22.3. The lowest BCUT2D eigenvalue weighted by atomic mass is 10.2. The number of fused-ring (bicyclic) bond motifs is 1. The van der Waals surface area contributed by atoms with Crippen molar-refractivity contribution in [2.75, 3.05) is 5.32 Å². The molecule has 0 aliphatic heterocycles. The van der Waals surface area contributed by atoms with E-state index in [0.717, 1.165) is 11.6 Å². The number of benzene rings is 1. The van der Waals surface area contributed by atoms with Crippen LogP contribution in [0.4, 0.5) is 19.0 Å². The zero-order valence-electron chi connectivity index (χ0n) is 15.8. The van der Waals surface area contributed by atoms with Crippen molar-refractivity contribution < 1.29 is 18.0 Å². The molecule has 4 aromatic rings. The molecule has 1 N–H and O–H groups in total. The molecule has 3 heterocycles. The van der Waals surface area contributed by atoms with Crippen molar-refractivity contribution in [3.8, 4) is 0 Å². The third-order valence-corrected chi connectivity index (χ3v) is 4.93. The number of aryl methyl sites for hydroxylation is 1. The first-order chi connectivity index (χ1) is 14.6. The molecule has 0 bridgehead atoms. The molecule has 160 valence electrons. The Balaban J connectivity index is 1.64. The topological polar surface area (TPSA) is 77.1 Å². The minimum absolute atomic E-state index is 0.0240. The molecule has 31 heavy (non-hydrogen) atoms. The highest BCUT2D eigenvalue weighted by Gasteiger charge is 2.36. The Labute approximate surface area is 183 Å². The van der Waals surface area contributed by atoms with E-state index in [2.05, 4.69) is 20.5 Å². The van der Waals surface area contributed by atoms with Gasteiger partial charge in [0.2, 0.25) is 0 Å². The number of alkyl halides is 3. The molecule has 12 heteroatoms. The number of nitrogens with zero attached hydrogens (tertiary/aromatic N) is 5. The Bertz CT molecular complexity index is 1280. The van der Waals surface area contributed by atoms with Crippen LogP contribution in [-0.4, -0.2) is 30.3 Å².